The van der Waals surface area contributed by atoms with Crippen molar-refractivity contribution < 1.29 is 14.2 Å². The third-order valence-electron chi connectivity index (χ3n) is 3.29. The summed E-state index contributed by atoms with van der Waals surface area (Å²) in [6.45, 7) is 3.65. The van der Waals surface area contributed by atoms with E-state index in [1.165, 1.54) is 0 Å². The third kappa shape index (κ3) is 3.94. The van der Waals surface area contributed by atoms with Crippen LogP contribution in [0, 0.1) is 0 Å². The minimum atomic E-state index is -0.657. The van der Waals surface area contributed by atoms with E-state index in [0.717, 1.165) is 0 Å². The highest BCUT2D eigenvalue weighted by atomic mass is 35.5. The molecule has 0 saturated heterocycles. The summed E-state index contributed by atoms with van der Waals surface area (Å²) in [6, 6.07) is 4.34. The fraction of sp³-hybridized carbons (Fsp3) is 0.267. The predicted molar refractivity (Wildman–Crippen MR) is 96.9 cm³/mol. The molecule has 2 aromatic heterocycles. The predicted octanol–water partition coefficient (Wildman–Crippen LogP) is 3.43. The van der Waals surface area contributed by atoms with E-state index in [2.05, 4.69) is 35.5 Å². The summed E-state index contributed by atoms with van der Waals surface area (Å²) in [4.78, 5) is 20.5. The van der Waals surface area contributed by atoms with Crippen LogP contribution in [-0.4, -0.2) is 38.9 Å². The smallest absolute Gasteiger partial charge is 0.328 e. The van der Waals surface area contributed by atoms with Crippen LogP contribution < -0.4 is 10.6 Å². The Bertz CT molecular complexity index is 948. The molecule has 3 rings (SSSR count). The number of anilines is 3. The molecule has 0 saturated carbocycles. The molecule has 11 heteroatoms. The normalized spacial score (nSPS) is 12.0. The maximum atomic E-state index is 11.9. The van der Waals surface area contributed by atoms with Gasteiger partial charge in [0, 0.05) is 5.69 Å². The molecule has 0 fully saturated rings. The van der Waals surface area contributed by atoms with Gasteiger partial charge in [-0.25, -0.2) is 19.4 Å². The SMILES string of the molecule is CCOC(=O)[C@H](C)Nc1nc2nonc2nc1Nc1ccc(Cl)c(Cl)c1. The van der Waals surface area contributed by atoms with Gasteiger partial charge in [0.1, 0.15) is 6.04 Å². The van der Waals surface area contributed by atoms with Gasteiger partial charge in [0.25, 0.3) is 0 Å². The fourth-order valence-electron chi connectivity index (χ4n) is 2.07. The maximum Gasteiger partial charge on any atom is 0.328 e. The number of hydrogen-bond donors (Lipinski definition) is 2. The van der Waals surface area contributed by atoms with Gasteiger partial charge in [-0.3, -0.25) is 0 Å². The number of carbonyl (C=O) groups excluding carboxylic acids is 1. The Morgan fingerprint density at radius 3 is 2.54 bits per heavy atom. The molecule has 1 aromatic carbocycles. The van der Waals surface area contributed by atoms with Crippen LogP contribution in [0.4, 0.5) is 17.3 Å². The molecule has 0 aliphatic rings. The monoisotopic (exact) mass is 396 g/mol. The van der Waals surface area contributed by atoms with Gasteiger partial charge in [0.05, 0.1) is 16.7 Å². The average molecular weight is 397 g/mol. The second-order valence-electron chi connectivity index (χ2n) is 5.20. The molecule has 136 valence electrons. The van der Waals surface area contributed by atoms with Crippen molar-refractivity contribution in [2.45, 2.75) is 19.9 Å². The lowest BCUT2D eigenvalue weighted by Gasteiger charge is -2.16. The van der Waals surface area contributed by atoms with Gasteiger partial charge >= 0.3 is 5.97 Å². The number of nitrogens with zero attached hydrogens (tertiary/aromatic N) is 4. The quantitative estimate of drug-likeness (QED) is 0.604. The van der Waals surface area contributed by atoms with E-state index in [9.17, 15) is 4.79 Å². The summed E-state index contributed by atoms with van der Waals surface area (Å²) in [5.74, 6) is 0.163. The highest BCUT2D eigenvalue weighted by Gasteiger charge is 2.19. The van der Waals surface area contributed by atoms with Gasteiger partial charge in [-0.2, -0.15) is 0 Å². The molecular formula is C15H14Cl2N6O3. The highest BCUT2D eigenvalue weighted by Crippen LogP contribution is 2.29. The molecule has 0 unspecified atom stereocenters. The number of rotatable bonds is 6. The molecule has 9 nitrogen and oxygen atoms in total. The first-order chi connectivity index (χ1) is 12.5. The number of hydrogen-bond acceptors (Lipinski definition) is 9. The van der Waals surface area contributed by atoms with Crippen molar-refractivity contribution in [3.63, 3.8) is 0 Å². The van der Waals surface area contributed by atoms with Crippen LogP contribution in [0.1, 0.15) is 13.8 Å². The van der Waals surface area contributed by atoms with Gasteiger partial charge in [0.15, 0.2) is 11.6 Å². The Morgan fingerprint density at radius 1 is 1.19 bits per heavy atom. The minimum Gasteiger partial charge on any atom is -0.464 e. The van der Waals surface area contributed by atoms with E-state index in [0.29, 0.717) is 21.6 Å². The standard InChI is InChI=1S/C15H14Cl2N6O3/c1-3-25-15(24)7(2)18-11-12(21-14-13(20-11)22-26-23-14)19-8-4-5-9(16)10(17)6-8/h4-7H,3H2,1-2H3,(H,18,20,22)(H,19,21,23)/t7-/m0/s1. The number of nitrogens with one attached hydrogen (secondary N) is 2. The lowest BCUT2D eigenvalue weighted by atomic mass is 10.3. The Kier molecular flexibility index (Phi) is 5.38. The molecule has 0 radical (unpaired) electrons. The highest BCUT2D eigenvalue weighted by molar-refractivity contribution is 6.42. The molecular weight excluding hydrogens is 383 g/mol. The Morgan fingerprint density at radius 2 is 1.88 bits per heavy atom. The van der Waals surface area contributed by atoms with Crippen molar-refractivity contribution in [3.8, 4) is 0 Å². The van der Waals surface area contributed by atoms with Crippen LogP contribution in [0.15, 0.2) is 22.8 Å². The lowest BCUT2D eigenvalue weighted by Crippen LogP contribution is -2.29. The van der Waals surface area contributed by atoms with Crippen molar-refractivity contribution in [1.82, 2.24) is 20.3 Å². The van der Waals surface area contributed by atoms with Crippen molar-refractivity contribution in [1.29, 1.82) is 0 Å². The molecule has 2 heterocycles. The first-order valence-electron chi connectivity index (χ1n) is 7.63. The van der Waals surface area contributed by atoms with Crippen molar-refractivity contribution in [2.75, 3.05) is 17.2 Å². The number of fused-ring (bicyclic) bond motifs is 1. The molecule has 3 aromatic rings. The van der Waals surface area contributed by atoms with Gasteiger partial charge in [-0.05, 0) is 42.4 Å². The molecule has 2 N–H and O–H groups in total. The number of ether oxygens (including phenoxy) is 1. The van der Waals surface area contributed by atoms with E-state index in [-0.39, 0.29) is 23.7 Å². The minimum absolute atomic E-state index is 0.197. The first kappa shape index (κ1) is 18.2. The molecule has 0 aliphatic carbocycles. The van der Waals surface area contributed by atoms with Gasteiger partial charge in [0.2, 0.25) is 11.3 Å². The van der Waals surface area contributed by atoms with Gasteiger partial charge in [-0.1, -0.05) is 23.2 Å². The van der Waals surface area contributed by atoms with Crippen LogP contribution in [0.2, 0.25) is 10.0 Å². The zero-order chi connectivity index (χ0) is 18.7. The van der Waals surface area contributed by atoms with Gasteiger partial charge < -0.3 is 15.4 Å². The lowest BCUT2D eigenvalue weighted by molar-refractivity contribution is -0.143. The third-order valence-corrected chi connectivity index (χ3v) is 4.03. The fourth-order valence-corrected chi connectivity index (χ4v) is 2.37. The number of halogens is 2. The van der Waals surface area contributed by atoms with Crippen LogP contribution in [0.3, 0.4) is 0 Å². The number of benzene rings is 1. The second kappa shape index (κ2) is 7.71. The second-order valence-corrected chi connectivity index (χ2v) is 6.02. The zero-order valence-corrected chi connectivity index (χ0v) is 15.3. The topological polar surface area (TPSA) is 115 Å². The molecule has 0 amide bonds. The zero-order valence-electron chi connectivity index (χ0n) is 13.8. The van der Waals surface area contributed by atoms with Crippen molar-refractivity contribution >= 4 is 57.8 Å². The van der Waals surface area contributed by atoms with E-state index in [1.54, 1.807) is 32.0 Å². The van der Waals surface area contributed by atoms with Crippen molar-refractivity contribution in [2.24, 2.45) is 0 Å². The van der Waals surface area contributed by atoms with E-state index >= 15 is 0 Å². The first-order valence-corrected chi connectivity index (χ1v) is 8.39. The maximum absolute atomic E-state index is 11.9. The largest absolute Gasteiger partial charge is 0.464 e. The molecule has 0 spiro atoms. The van der Waals surface area contributed by atoms with E-state index in [1.807, 2.05) is 0 Å². The Labute approximate surface area is 158 Å². The summed E-state index contributed by atoms with van der Waals surface area (Å²) < 4.78 is 9.63. The number of aromatic nitrogens is 4. The molecule has 0 bridgehead atoms. The van der Waals surface area contributed by atoms with Crippen LogP contribution in [-0.2, 0) is 9.53 Å². The van der Waals surface area contributed by atoms with E-state index < -0.39 is 12.0 Å². The summed E-state index contributed by atoms with van der Waals surface area (Å²) in [5, 5.41) is 14.1. The average Bonchev–Trinajstić information content (AvgIpc) is 3.05. The summed E-state index contributed by atoms with van der Waals surface area (Å²) >= 11 is 12.0. The summed E-state index contributed by atoms with van der Waals surface area (Å²) in [5.41, 5.74) is 1.03. The molecule has 0 aliphatic heterocycles. The summed E-state index contributed by atoms with van der Waals surface area (Å²) in [6.07, 6.45) is 0. The van der Waals surface area contributed by atoms with Gasteiger partial charge in [-0.15, -0.1) is 0 Å². The Hall–Kier alpha value is -2.65. The van der Waals surface area contributed by atoms with Crippen LogP contribution >= 0.6 is 23.2 Å². The van der Waals surface area contributed by atoms with Crippen molar-refractivity contribution in [3.05, 3.63) is 28.2 Å². The molecule has 26 heavy (non-hydrogen) atoms. The van der Waals surface area contributed by atoms with Crippen LogP contribution in [0.25, 0.3) is 11.3 Å². The Balaban J connectivity index is 1.93. The van der Waals surface area contributed by atoms with E-state index in [4.69, 9.17) is 27.9 Å². The number of carbonyl (C=O) groups is 1. The number of esters is 1. The van der Waals surface area contributed by atoms with Crippen LogP contribution in [0.5, 0.6) is 0 Å². The summed E-state index contributed by atoms with van der Waals surface area (Å²) in [7, 11) is 0. The molecule has 1 atom stereocenters.